The molecule has 0 bridgehead atoms. The third-order valence-corrected chi connectivity index (χ3v) is 6.89. The van der Waals surface area contributed by atoms with E-state index in [1.54, 1.807) is 6.07 Å². The lowest BCUT2D eigenvalue weighted by Gasteiger charge is -2.35. The first kappa shape index (κ1) is 31.9. The Morgan fingerprint density at radius 1 is 0.909 bits per heavy atom. The number of benzene rings is 3. The van der Waals surface area contributed by atoms with Gasteiger partial charge in [-0.2, -0.15) is 13.2 Å². The number of likely N-dealkylation sites (N-methyl/N-ethyl adjacent to an activating group) is 1. The Morgan fingerprint density at radius 3 is 2.25 bits per heavy atom. The molecule has 0 aliphatic carbocycles. The van der Waals surface area contributed by atoms with Gasteiger partial charge >= 0.3 is 12.1 Å². The summed E-state index contributed by atoms with van der Waals surface area (Å²) in [5.41, 5.74) is -0.207. The van der Waals surface area contributed by atoms with E-state index in [2.05, 4.69) is 20.4 Å². The minimum absolute atomic E-state index is 0.0682. The number of ether oxygens (including phenoxy) is 1. The largest absolute Gasteiger partial charge is 0.471 e. The summed E-state index contributed by atoms with van der Waals surface area (Å²) >= 11 is 0. The standard InChI is InChI=1S/C29H29F3N6O6/c1-36-12-14-37(15-13-36)23-8-4-3-7-22(23)34-26(39)18-10-11-21(19(16-18)17-44-2)33-27(40)20-6-5-9-24(38(42)43)25(20)35-28(41)29(30,31)32/h3-11,16H,12-15,17H2,1-2H3,(H,33,40)(H,34,39)(H,35,41). The number of carbonyl (C=O) groups is 3. The minimum atomic E-state index is -5.36. The maximum Gasteiger partial charge on any atom is 0.471 e. The first-order valence-corrected chi connectivity index (χ1v) is 13.3. The Kier molecular flexibility index (Phi) is 9.80. The molecule has 3 aromatic carbocycles. The molecule has 1 fully saturated rings. The zero-order valence-corrected chi connectivity index (χ0v) is 23.7. The Bertz CT molecular complexity index is 1570. The van der Waals surface area contributed by atoms with Crippen LogP contribution < -0.4 is 20.9 Å². The highest BCUT2D eigenvalue weighted by Crippen LogP contribution is 2.32. The molecule has 4 rings (SSSR count). The molecule has 0 spiro atoms. The van der Waals surface area contributed by atoms with E-state index >= 15 is 0 Å². The SMILES string of the molecule is COCc1cc(C(=O)Nc2ccccc2N2CCN(C)CC2)ccc1NC(=O)c1cccc([N+](=O)[O-])c1NC(=O)C(F)(F)F. The van der Waals surface area contributed by atoms with Crippen LogP contribution in [-0.2, 0) is 16.1 Å². The van der Waals surface area contributed by atoms with Gasteiger partial charge in [-0.05, 0) is 43.4 Å². The lowest BCUT2D eigenvalue weighted by atomic mass is 10.1. The van der Waals surface area contributed by atoms with Gasteiger partial charge in [0.2, 0.25) is 0 Å². The Labute approximate surface area is 249 Å². The molecule has 0 aromatic heterocycles. The van der Waals surface area contributed by atoms with Crippen molar-refractivity contribution >= 4 is 46.2 Å². The molecular formula is C29H29F3N6O6. The molecule has 12 nitrogen and oxygen atoms in total. The van der Waals surface area contributed by atoms with E-state index in [0.717, 1.165) is 50.1 Å². The summed E-state index contributed by atoms with van der Waals surface area (Å²) in [6, 6.07) is 14.7. The summed E-state index contributed by atoms with van der Waals surface area (Å²) in [5.74, 6) is -3.95. The molecule has 3 aromatic rings. The number of anilines is 4. The average molecular weight is 615 g/mol. The van der Waals surface area contributed by atoms with Crippen LogP contribution in [0.4, 0.5) is 41.6 Å². The highest BCUT2D eigenvalue weighted by Gasteiger charge is 2.40. The summed E-state index contributed by atoms with van der Waals surface area (Å²) < 4.78 is 44.0. The molecule has 1 aliphatic rings. The fourth-order valence-corrected chi connectivity index (χ4v) is 4.62. The monoisotopic (exact) mass is 614 g/mol. The summed E-state index contributed by atoms with van der Waals surface area (Å²) in [5, 5.41) is 18.3. The van der Waals surface area contributed by atoms with Crippen molar-refractivity contribution in [3.05, 3.63) is 87.5 Å². The quantitative estimate of drug-likeness (QED) is 0.236. The van der Waals surface area contributed by atoms with Crippen LogP contribution in [-0.4, -0.2) is 74.1 Å². The Morgan fingerprint density at radius 2 is 1.59 bits per heavy atom. The second kappa shape index (κ2) is 13.5. The number of amides is 3. The predicted molar refractivity (Wildman–Crippen MR) is 157 cm³/mol. The summed E-state index contributed by atoms with van der Waals surface area (Å²) in [4.78, 5) is 52.9. The van der Waals surface area contributed by atoms with Crippen molar-refractivity contribution in [2.75, 3.05) is 61.2 Å². The summed E-state index contributed by atoms with van der Waals surface area (Å²) in [6.45, 7) is 3.27. The van der Waals surface area contributed by atoms with Gasteiger partial charge in [0.15, 0.2) is 0 Å². The summed E-state index contributed by atoms with van der Waals surface area (Å²) in [6.07, 6.45) is -5.36. The van der Waals surface area contributed by atoms with Gasteiger partial charge in [0.25, 0.3) is 17.5 Å². The first-order chi connectivity index (χ1) is 20.9. The van der Waals surface area contributed by atoms with Crippen LogP contribution in [0.2, 0.25) is 0 Å². The molecule has 3 N–H and O–H groups in total. The molecule has 3 amide bonds. The lowest BCUT2D eigenvalue weighted by molar-refractivity contribution is -0.384. The zero-order valence-electron chi connectivity index (χ0n) is 23.7. The number of carbonyl (C=O) groups excluding carboxylic acids is 3. The number of nitrogens with one attached hydrogen (secondary N) is 3. The van der Waals surface area contributed by atoms with E-state index in [9.17, 15) is 37.7 Å². The van der Waals surface area contributed by atoms with E-state index in [1.807, 2.05) is 25.2 Å². The topological polar surface area (TPSA) is 146 Å². The number of piperazine rings is 1. The van der Waals surface area contributed by atoms with Gasteiger partial charge in [0.05, 0.1) is 28.5 Å². The van der Waals surface area contributed by atoms with Gasteiger partial charge in [-0.3, -0.25) is 24.5 Å². The molecule has 0 radical (unpaired) electrons. The molecular weight excluding hydrogens is 585 g/mol. The van der Waals surface area contributed by atoms with Crippen molar-refractivity contribution in [1.82, 2.24) is 4.90 Å². The maximum atomic E-state index is 13.3. The highest BCUT2D eigenvalue weighted by molar-refractivity contribution is 6.13. The van der Waals surface area contributed by atoms with Crippen LogP contribution in [0.1, 0.15) is 26.3 Å². The zero-order chi connectivity index (χ0) is 32.0. The van der Waals surface area contributed by atoms with E-state index in [4.69, 9.17) is 4.74 Å². The van der Waals surface area contributed by atoms with Gasteiger partial charge in [-0.1, -0.05) is 18.2 Å². The van der Waals surface area contributed by atoms with Gasteiger partial charge in [0.1, 0.15) is 5.69 Å². The van der Waals surface area contributed by atoms with E-state index in [-0.39, 0.29) is 17.9 Å². The Hall–Kier alpha value is -5.02. The van der Waals surface area contributed by atoms with Gasteiger partial charge in [0, 0.05) is 56.2 Å². The average Bonchev–Trinajstić information content (AvgIpc) is 2.98. The number of nitrogens with zero attached hydrogens (tertiary/aromatic N) is 3. The number of hydrogen-bond donors (Lipinski definition) is 3. The van der Waals surface area contributed by atoms with Crippen molar-refractivity contribution < 1.29 is 37.2 Å². The molecule has 44 heavy (non-hydrogen) atoms. The number of rotatable bonds is 9. The number of para-hydroxylation sites is 3. The fourth-order valence-electron chi connectivity index (χ4n) is 4.62. The van der Waals surface area contributed by atoms with Crippen molar-refractivity contribution in [3.8, 4) is 0 Å². The summed E-state index contributed by atoms with van der Waals surface area (Å²) in [7, 11) is 3.43. The molecule has 15 heteroatoms. The molecule has 232 valence electrons. The second-order valence-corrected chi connectivity index (χ2v) is 9.93. The normalized spacial score (nSPS) is 13.7. The molecule has 0 unspecified atom stereocenters. The van der Waals surface area contributed by atoms with E-state index in [1.165, 1.54) is 30.6 Å². The number of alkyl halides is 3. The lowest BCUT2D eigenvalue weighted by Crippen LogP contribution is -2.44. The van der Waals surface area contributed by atoms with Crippen LogP contribution in [0.15, 0.2) is 60.7 Å². The maximum absolute atomic E-state index is 13.3. The number of halogens is 3. The molecule has 0 atom stereocenters. The fraction of sp³-hybridized carbons (Fsp3) is 0.276. The second-order valence-electron chi connectivity index (χ2n) is 9.93. The van der Waals surface area contributed by atoms with E-state index in [0.29, 0.717) is 11.3 Å². The molecule has 1 aliphatic heterocycles. The third-order valence-electron chi connectivity index (χ3n) is 6.89. The third kappa shape index (κ3) is 7.48. The van der Waals surface area contributed by atoms with Crippen molar-refractivity contribution in [1.29, 1.82) is 0 Å². The smallest absolute Gasteiger partial charge is 0.380 e. The molecule has 1 heterocycles. The van der Waals surface area contributed by atoms with Crippen LogP contribution in [0, 0.1) is 10.1 Å². The van der Waals surface area contributed by atoms with Gasteiger partial charge < -0.3 is 30.5 Å². The number of hydrogen-bond acceptors (Lipinski definition) is 8. The van der Waals surface area contributed by atoms with Crippen molar-refractivity contribution in [2.24, 2.45) is 0 Å². The van der Waals surface area contributed by atoms with E-state index < -0.39 is 45.8 Å². The number of methoxy groups -OCH3 is 1. The Balaban J connectivity index is 1.58. The number of nitro groups is 1. The minimum Gasteiger partial charge on any atom is -0.380 e. The highest BCUT2D eigenvalue weighted by atomic mass is 19.4. The van der Waals surface area contributed by atoms with Gasteiger partial charge in [-0.15, -0.1) is 0 Å². The van der Waals surface area contributed by atoms with Crippen LogP contribution in [0.25, 0.3) is 0 Å². The number of nitro benzene ring substituents is 1. The van der Waals surface area contributed by atoms with Gasteiger partial charge in [-0.25, -0.2) is 0 Å². The molecule has 0 saturated carbocycles. The van der Waals surface area contributed by atoms with Crippen LogP contribution in [0.5, 0.6) is 0 Å². The first-order valence-electron chi connectivity index (χ1n) is 13.3. The van der Waals surface area contributed by atoms with Crippen LogP contribution in [0.3, 0.4) is 0 Å². The van der Waals surface area contributed by atoms with Crippen molar-refractivity contribution in [3.63, 3.8) is 0 Å². The predicted octanol–water partition coefficient (Wildman–Crippen LogP) is 4.50. The van der Waals surface area contributed by atoms with Crippen LogP contribution >= 0.6 is 0 Å². The van der Waals surface area contributed by atoms with Crippen molar-refractivity contribution in [2.45, 2.75) is 12.8 Å². The molecule has 1 saturated heterocycles.